The molecule has 0 aromatic heterocycles. The first-order valence-electron chi connectivity index (χ1n) is 4.43. The average molecular weight is 177 g/mol. The van der Waals surface area contributed by atoms with Gasteiger partial charge in [-0.05, 0) is 31.7 Å². The van der Waals surface area contributed by atoms with E-state index in [0.717, 1.165) is 24.0 Å². The lowest BCUT2D eigenvalue weighted by atomic mass is 10.1. The number of nitro benzene ring substituents is 1. The van der Waals surface area contributed by atoms with E-state index in [1.807, 2.05) is 13.0 Å². The van der Waals surface area contributed by atoms with Gasteiger partial charge in [0.25, 0.3) is 5.69 Å². The van der Waals surface area contributed by atoms with Gasteiger partial charge in [-0.2, -0.15) is 0 Å². The highest BCUT2D eigenvalue weighted by molar-refractivity contribution is 5.46. The normalized spacial score (nSPS) is 15.8. The van der Waals surface area contributed by atoms with Gasteiger partial charge in [-0.25, -0.2) is 0 Å². The number of nitro groups is 1. The van der Waals surface area contributed by atoms with E-state index in [-0.39, 0.29) is 10.6 Å². The first-order chi connectivity index (χ1) is 6.18. The standard InChI is InChI=1S/C10H11NO2/c1-7-2-5-10(11(12)13)9(6-7)8-3-4-8/h2,5-6,8H,3-4H2,1H3. The van der Waals surface area contributed by atoms with Gasteiger partial charge < -0.3 is 0 Å². The summed E-state index contributed by atoms with van der Waals surface area (Å²) in [6.45, 7) is 1.97. The van der Waals surface area contributed by atoms with Crippen LogP contribution in [0.25, 0.3) is 0 Å². The topological polar surface area (TPSA) is 43.1 Å². The summed E-state index contributed by atoms with van der Waals surface area (Å²) in [6.07, 6.45) is 2.20. The number of benzene rings is 1. The van der Waals surface area contributed by atoms with Crippen molar-refractivity contribution < 1.29 is 4.92 Å². The molecule has 0 aliphatic heterocycles. The summed E-state index contributed by atoms with van der Waals surface area (Å²) in [6, 6.07) is 5.35. The zero-order valence-corrected chi connectivity index (χ0v) is 7.49. The summed E-state index contributed by atoms with van der Waals surface area (Å²) < 4.78 is 0. The van der Waals surface area contributed by atoms with Crippen molar-refractivity contribution in [2.24, 2.45) is 0 Å². The number of nitrogens with zero attached hydrogens (tertiary/aromatic N) is 1. The van der Waals surface area contributed by atoms with Crippen LogP contribution in [0.3, 0.4) is 0 Å². The Morgan fingerprint density at radius 1 is 1.46 bits per heavy atom. The minimum absolute atomic E-state index is 0.285. The third-order valence-corrected chi connectivity index (χ3v) is 2.40. The third kappa shape index (κ3) is 1.54. The molecule has 1 aliphatic carbocycles. The van der Waals surface area contributed by atoms with E-state index in [1.54, 1.807) is 12.1 Å². The maximum absolute atomic E-state index is 10.7. The SMILES string of the molecule is Cc1ccc([N+](=O)[O-])c(C2CC2)c1. The molecule has 1 aromatic carbocycles. The van der Waals surface area contributed by atoms with Crippen LogP contribution in [-0.4, -0.2) is 4.92 Å². The highest BCUT2D eigenvalue weighted by atomic mass is 16.6. The Balaban J connectivity index is 2.47. The van der Waals surface area contributed by atoms with Crippen LogP contribution in [0, 0.1) is 17.0 Å². The first kappa shape index (κ1) is 8.23. The number of rotatable bonds is 2. The summed E-state index contributed by atoms with van der Waals surface area (Å²) in [4.78, 5) is 10.4. The maximum Gasteiger partial charge on any atom is 0.272 e. The molecule has 2 rings (SSSR count). The van der Waals surface area contributed by atoms with Gasteiger partial charge in [-0.3, -0.25) is 10.1 Å². The van der Waals surface area contributed by atoms with E-state index in [4.69, 9.17) is 0 Å². The van der Waals surface area contributed by atoms with Crippen LogP contribution >= 0.6 is 0 Å². The molecule has 0 spiro atoms. The van der Waals surface area contributed by atoms with Gasteiger partial charge in [0.15, 0.2) is 0 Å². The molecule has 0 bridgehead atoms. The Hall–Kier alpha value is -1.38. The minimum Gasteiger partial charge on any atom is -0.258 e. The van der Waals surface area contributed by atoms with Crippen LogP contribution in [-0.2, 0) is 0 Å². The molecule has 1 aliphatic rings. The highest BCUT2D eigenvalue weighted by Crippen LogP contribution is 2.44. The van der Waals surface area contributed by atoms with Crippen molar-refractivity contribution >= 4 is 5.69 Å². The van der Waals surface area contributed by atoms with Crippen LogP contribution in [0.15, 0.2) is 18.2 Å². The Morgan fingerprint density at radius 2 is 2.15 bits per heavy atom. The monoisotopic (exact) mass is 177 g/mol. The molecule has 1 saturated carbocycles. The minimum atomic E-state index is -0.285. The van der Waals surface area contributed by atoms with Crippen LogP contribution in [0.4, 0.5) is 5.69 Å². The fourth-order valence-corrected chi connectivity index (χ4v) is 1.56. The molecule has 1 aromatic rings. The Kier molecular flexibility index (Phi) is 1.79. The molecule has 1 fully saturated rings. The van der Waals surface area contributed by atoms with Crippen molar-refractivity contribution in [3.05, 3.63) is 39.4 Å². The Morgan fingerprint density at radius 3 is 2.69 bits per heavy atom. The summed E-state index contributed by atoms with van der Waals surface area (Å²) in [7, 11) is 0. The van der Waals surface area contributed by atoms with E-state index in [1.165, 1.54) is 0 Å². The van der Waals surface area contributed by atoms with Gasteiger partial charge in [0.1, 0.15) is 0 Å². The van der Waals surface area contributed by atoms with Gasteiger partial charge in [0.2, 0.25) is 0 Å². The fourth-order valence-electron chi connectivity index (χ4n) is 1.56. The predicted molar refractivity (Wildman–Crippen MR) is 49.8 cm³/mol. The molecule has 0 heterocycles. The lowest BCUT2D eigenvalue weighted by Crippen LogP contribution is -1.94. The van der Waals surface area contributed by atoms with Gasteiger partial charge in [0, 0.05) is 11.6 Å². The zero-order chi connectivity index (χ0) is 9.42. The fraction of sp³-hybridized carbons (Fsp3) is 0.400. The summed E-state index contributed by atoms with van der Waals surface area (Å²) in [5, 5.41) is 10.7. The van der Waals surface area contributed by atoms with Gasteiger partial charge >= 0.3 is 0 Å². The third-order valence-electron chi connectivity index (χ3n) is 2.40. The summed E-state index contributed by atoms with van der Waals surface area (Å²) in [5.41, 5.74) is 2.31. The van der Waals surface area contributed by atoms with Crippen LogP contribution in [0.1, 0.15) is 29.9 Å². The van der Waals surface area contributed by atoms with Crippen LogP contribution < -0.4 is 0 Å². The van der Waals surface area contributed by atoms with Gasteiger partial charge in [0.05, 0.1) is 4.92 Å². The highest BCUT2D eigenvalue weighted by Gasteiger charge is 2.30. The van der Waals surface area contributed by atoms with Crippen molar-refractivity contribution in [1.82, 2.24) is 0 Å². The maximum atomic E-state index is 10.7. The summed E-state index contributed by atoms with van der Waals surface area (Å²) >= 11 is 0. The largest absolute Gasteiger partial charge is 0.272 e. The van der Waals surface area contributed by atoms with E-state index in [0.29, 0.717) is 5.92 Å². The van der Waals surface area contributed by atoms with Crippen molar-refractivity contribution in [2.45, 2.75) is 25.7 Å². The van der Waals surface area contributed by atoms with Gasteiger partial charge in [-0.1, -0.05) is 11.6 Å². The number of hydrogen-bond acceptors (Lipinski definition) is 2. The molecule has 13 heavy (non-hydrogen) atoms. The van der Waals surface area contributed by atoms with Crippen LogP contribution in [0.2, 0.25) is 0 Å². The van der Waals surface area contributed by atoms with Crippen molar-refractivity contribution in [2.75, 3.05) is 0 Å². The van der Waals surface area contributed by atoms with Crippen molar-refractivity contribution in [3.8, 4) is 0 Å². The number of aryl methyl sites for hydroxylation is 1. The molecule has 0 unspecified atom stereocenters. The second kappa shape index (κ2) is 2.83. The molecule has 3 heteroatoms. The lowest BCUT2D eigenvalue weighted by Gasteiger charge is -2.01. The van der Waals surface area contributed by atoms with E-state index >= 15 is 0 Å². The van der Waals surface area contributed by atoms with E-state index in [9.17, 15) is 10.1 Å². The second-order valence-electron chi connectivity index (χ2n) is 3.59. The molecular formula is C10H11NO2. The van der Waals surface area contributed by atoms with E-state index in [2.05, 4.69) is 0 Å². The molecule has 0 atom stereocenters. The molecule has 3 nitrogen and oxygen atoms in total. The molecule has 0 N–H and O–H groups in total. The first-order valence-corrected chi connectivity index (χ1v) is 4.43. The average Bonchev–Trinajstić information content (AvgIpc) is 2.85. The lowest BCUT2D eigenvalue weighted by molar-refractivity contribution is -0.385. The van der Waals surface area contributed by atoms with E-state index < -0.39 is 0 Å². The van der Waals surface area contributed by atoms with Crippen LogP contribution in [0.5, 0.6) is 0 Å². The molecule has 0 radical (unpaired) electrons. The molecule has 0 saturated heterocycles. The Bertz CT molecular complexity index is 356. The number of hydrogen-bond donors (Lipinski definition) is 0. The zero-order valence-electron chi connectivity index (χ0n) is 7.49. The smallest absolute Gasteiger partial charge is 0.258 e. The summed E-state index contributed by atoms with van der Waals surface area (Å²) in [5.74, 6) is 0.445. The molecular weight excluding hydrogens is 166 g/mol. The van der Waals surface area contributed by atoms with Gasteiger partial charge in [-0.15, -0.1) is 0 Å². The predicted octanol–water partition coefficient (Wildman–Crippen LogP) is 2.78. The second-order valence-corrected chi connectivity index (χ2v) is 3.59. The van der Waals surface area contributed by atoms with Crippen molar-refractivity contribution in [3.63, 3.8) is 0 Å². The van der Waals surface area contributed by atoms with Crippen molar-refractivity contribution in [1.29, 1.82) is 0 Å². The quantitative estimate of drug-likeness (QED) is 0.515. The molecule has 0 amide bonds. The Labute approximate surface area is 76.5 Å². The molecule has 68 valence electrons.